The number of rotatable bonds is 6. The van der Waals surface area contributed by atoms with Crippen LogP contribution in [0.2, 0.25) is 0 Å². The Morgan fingerprint density at radius 3 is 3.00 bits per heavy atom. The summed E-state index contributed by atoms with van der Waals surface area (Å²) in [6.07, 6.45) is 3.07. The number of amides is 1. The maximum Gasteiger partial charge on any atom is 0.325 e. The SMILES string of the molecule is CCOC(=O)CNC(=O)CCn1ncn2c(cc3occc32)c1=O. The van der Waals surface area contributed by atoms with E-state index < -0.39 is 5.97 Å². The fraction of sp³-hybridized carbons (Fsp3) is 0.333. The number of carbonyl (C=O) groups is 2. The molecule has 0 aliphatic carbocycles. The molecule has 3 aromatic heterocycles. The molecule has 0 saturated heterocycles. The largest absolute Gasteiger partial charge is 0.465 e. The van der Waals surface area contributed by atoms with Crippen molar-refractivity contribution in [3.05, 3.63) is 35.1 Å². The molecular formula is C15H16N4O5. The second-order valence-corrected chi connectivity index (χ2v) is 5.06. The van der Waals surface area contributed by atoms with Crippen molar-refractivity contribution in [2.24, 2.45) is 0 Å². The van der Waals surface area contributed by atoms with E-state index in [1.165, 1.54) is 17.3 Å². The number of esters is 1. The number of carbonyl (C=O) groups excluding carboxylic acids is 2. The van der Waals surface area contributed by atoms with E-state index in [2.05, 4.69) is 10.4 Å². The molecule has 0 unspecified atom stereocenters. The van der Waals surface area contributed by atoms with Crippen LogP contribution in [0.3, 0.4) is 0 Å². The van der Waals surface area contributed by atoms with E-state index in [0.29, 0.717) is 11.1 Å². The van der Waals surface area contributed by atoms with Gasteiger partial charge < -0.3 is 14.5 Å². The van der Waals surface area contributed by atoms with E-state index in [0.717, 1.165) is 5.52 Å². The van der Waals surface area contributed by atoms with E-state index in [1.54, 1.807) is 23.5 Å². The lowest BCUT2D eigenvalue weighted by Gasteiger charge is -2.06. The van der Waals surface area contributed by atoms with Gasteiger partial charge in [0.2, 0.25) is 5.91 Å². The average Bonchev–Trinajstić information content (AvgIpc) is 3.14. The lowest BCUT2D eigenvalue weighted by atomic mass is 10.4. The molecule has 3 aromatic rings. The molecule has 0 aliphatic rings. The summed E-state index contributed by atoms with van der Waals surface area (Å²) in [4.78, 5) is 35.3. The number of nitrogens with zero attached hydrogens (tertiary/aromatic N) is 3. The lowest BCUT2D eigenvalue weighted by Crippen LogP contribution is -2.33. The molecule has 1 N–H and O–H groups in total. The van der Waals surface area contributed by atoms with Gasteiger partial charge in [-0.05, 0) is 6.92 Å². The molecule has 0 spiro atoms. The maximum absolute atomic E-state index is 12.4. The highest BCUT2D eigenvalue weighted by Gasteiger charge is 2.12. The van der Waals surface area contributed by atoms with Gasteiger partial charge in [-0.15, -0.1) is 0 Å². The van der Waals surface area contributed by atoms with Crippen LogP contribution in [0.15, 0.2) is 33.9 Å². The smallest absolute Gasteiger partial charge is 0.325 e. The molecule has 3 heterocycles. The predicted molar refractivity (Wildman–Crippen MR) is 83.5 cm³/mol. The normalized spacial score (nSPS) is 11.0. The van der Waals surface area contributed by atoms with Gasteiger partial charge in [0.1, 0.15) is 18.4 Å². The molecular weight excluding hydrogens is 316 g/mol. The third-order valence-corrected chi connectivity index (χ3v) is 3.51. The topological polar surface area (TPSA) is 108 Å². The summed E-state index contributed by atoms with van der Waals surface area (Å²) in [5.41, 5.74) is 1.46. The quantitative estimate of drug-likeness (QED) is 0.651. The molecule has 9 nitrogen and oxygen atoms in total. The number of ether oxygens (including phenoxy) is 1. The second kappa shape index (κ2) is 6.57. The van der Waals surface area contributed by atoms with E-state index in [-0.39, 0.29) is 37.6 Å². The molecule has 126 valence electrons. The van der Waals surface area contributed by atoms with Gasteiger partial charge in [-0.25, -0.2) is 4.68 Å². The Morgan fingerprint density at radius 2 is 2.21 bits per heavy atom. The van der Waals surface area contributed by atoms with Crippen molar-refractivity contribution >= 4 is 28.5 Å². The van der Waals surface area contributed by atoms with E-state index in [4.69, 9.17) is 9.15 Å². The first kappa shape index (κ1) is 15.8. The van der Waals surface area contributed by atoms with Crippen molar-refractivity contribution < 1.29 is 18.7 Å². The van der Waals surface area contributed by atoms with Gasteiger partial charge in [-0.2, -0.15) is 5.10 Å². The van der Waals surface area contributed by atoms with Gasteiger partial charge in [0.25, 0.3) is 5.56 Å². The monoisotopic (exact) mass is 332 g/mol. The summed E-state index contributed by atoms with van der Waals surface area (Å²) in [7, 11) is 0. The standard InChI is InChI=1S/C15H16N4O5/c1-2-23-14(21)8-16-13(20)3-5-19-15(22)11-7-12-10(4-6-24-12)18(11)9-17-19/h4,6-7,9H,2-3,5,8H2,1H3,(H,16,20). The Balaban J connectivity index is 1.67. The number of aromatic nitrogens is 3. The van der Waals surface area contributed by atoms with Crippen LogP contribution in [0.5, 0.6) is 0 Å². The summed E-state index contributed by atoms with van der Waals surface area (Å²) in [5.74, 6) is -0.862. The van der Waals surface area contributed by atoms with Crippen molar-refractivity contribution in [2.75, 3.05) is 13.2 Å². The van der Waals surface area contributed by atoms with Crippen molar-refractivity contribution in [1.29, 1.82) is 0 Å². The third kappa shape index (κ3) is 3.00. The minimum absolute atomic E-state index is 0.0271. The lowest BCUT2D eigenvalue weighted by molar-refractivity contribution is -0.143. The second-order valence-electron chi connectivity index (χ2n) is 5.06. The number of nitrogens with one attached hydrogen (secondary N) is 1. The highest BCUT2D eigenvalue weighted by Crippen LogP contribution is 2.18. The van der Waals surface area contributed by atoms with Crippen LogP contribution in [0.4, 0.5) is 0 Å². The molecule has 9 heteroatoms. The van der Waals surface area contributed by atoms with Gasteiger partial charge in [0, 0.05) is 18.6 Å². The molecule has 24 heavy (non-hydrogen) atoms. The first-order valence-electron chi connectivity index (χ1n) is 7.47. The van der Waals surface area contributed by atoms with Crippen LogP contribution < -0.4 is 10.9 Å². The first-order valence-corrected chi connectivity index (χ1v) is 7.47. The molecule has 0 saturated carbocycles. The van der Waals surface area contributed by atoms with Crippen LogP contribution in [0.25, 0.3) is 16.6 Å². The Bertz CT molecular complexity index is 952. The third-order valence-electron chi connectivity index (χ3n) is 3.51. The zero-order valence-corrected chi connectivity index (χ0v) is 13.0. The minimum atomic E-state index is -0.502. The summed E-state index contributed by atoms with van der Waals surface area (Å²) in [5, 5.41) is 6.49. The number of aryl methyl sites for hydroxylation is 1. The van der Waals surface area contributed by atoms with Crippen LogP contribution in [-0.2, 0) is 20.9 Å². The van der Waals surface area contributed by atoms with Crippen LogP contribution >= 0.6 is 0 Å². The molecule has 0 aromatic carbocycles. The number of hydrogen-bond donors (Lipinski definition) is 1. The van der Waals surface area contributed by atoms with Crippen LogP contribution in [0, 0.1) is 0 Å². The maximum atomic E-state index is 12.4. The fourth-order valence-electron chi connectivity index (χ4n) is 2.37. The highest BCUT2D eigenvalue weighted by atomic mass is 16.5. The van der Waals surface area contributed by atoms with E-state index >= 15 is 0 Å². The van der Waals surface area contributed by atoms with Gasteiger partial charge in [-0.3, -0.25) is 18.8 Å². The van der Waals surface area contributed by atoms with Crippen LogP contribution in [-0.4, -0.2) is 39.2 Å². The molecule has 0 fully saturated rings. The van der Waals surface area contributed by atoms with Gasteiger partial charge in [-0.1, -0.05) is 0 Å². The Hall–Kier alpha value is -3.10. The Labute approximate surface area is 135 Å². The minimum Gasteiger partial charge on any atom is -0.465 e. The molecule has 0 aliphatic heterocycles. The van der Waals surface area contributed by atoms with Crippen molar-refractivity contribution in [3.63, 3.8) is 0 Å². The molecule has 3 rings (SSSR count). The number of furan rings is 1. The molecule has 1 amide bonds. The number of hydrogen-bond acceptors (Lipinski definition) is 6. The summed E-state index contributed by atoms with van der Waals surface area (Å²) in [6.45, 7) is 1.86. The zero-order chi connectivity index (χ0) is 17.1. The fourth-order valence-corrected chi connectivity index (χ4v) is 2.37. The van der Waals surface area contributed by atoms with E-state index in [1.807, 2.05) is 0 Å². The van der Waals surface area contributed by atoms with Gasteiger partial charge >= 0.3 is 5.97 Å². The zero-order valence-electron chi connectivity index (χ0n) is 13.0. The number of fused-ring (bicyclic) bond motifs is 3. The van der Waals surface area contributed by atoms with Crippen molar-refractivity contribution in [2.45, 2.75) is 19.9 Å². The van der Waals surface area contributed by atoms with Crippen LogP contribution in [0.1, 0.15) is 13.3 Å². The Morgan fingerprint density at radius 1 is 1.38 bits per heavy atom. The molecule has 0 bridgehead atoms. The first-order chi connectivity index (χ1) is 11.6. The van der Waals surface area contributed by atoms with Crippen molar-refractivity contribution in [3.8, 4) is 0 Å². The Kier molecular flexibility index (Phi) is 4.32. The average molecular weight is 332 g/mol. The summed E-state index contributed by atoms with van der Waals surface area (Å²) in [6, 6.07) is 3.38. The highest BCUT2D eigenvalue weighted by molar-refractivity contribution is 5.82. The van der Waals surface area contributed by atoms with Gasteiger partial charge in [0.05, 0.1) is 24.9 Å². The summed E-state index contributed by atoms with van der Waals surface area (Å²) >= 11 is 0. The van der Waals surface area contributed by atoms with Gasteiger partial charge in [0.15, 0.2) is 5.58 Å². The predicted octanol–water partition coefficient (Wildman–Crippen LogP) is 0.312. The summed E-state index contributed by atoms with van der Waals surface area (Å²) < 4.78 is 12.8. The molecule has 0 atom stereocenters. The van der Waals surface area contributed by atoms with E-state index in [9.17, 15) is 14.4 Å². The molecule has 0 radical (unpaired) electrons. The van der Waals surface area contributed by atoms with Crippen molar-refractivity contribution in [1.82, 2.24) is 19.5 Å².